The number of carbonyl (C=O) groups is 1. The molecule has 8 heteroatoms. The van der Waals surface area contributed by atoms with Crippen LogP contribution in [0, 0.1) is 0 Å². The molecule has 1 heterocycles. The summed E-state index contributed by atoms with van der Waals surface area (Å²) < 4.78 is 19.5. The third-order valence-corrected chi connectivity index (χ3v) is 6.29. The molecule has 4 rings (SSSR count). The van der Waals surface area contributed by atoms with E-state index in [4.69, 9.17) is 30.8 Å². The van der Waals surface area contributed by atoms with Crippen molar-refractivity contribution in [3.63, 3.8) is 0 Å². The maximum atomic E-state index is 12.0. The number of amides is 1. The topological polar surface area (TPSA) is 74.6 Å². The van der Waals surface area contributed by atoms with E-state index < -0.39 is 0 Å². The van der Waals surface area contributed by atoms with E-state index in [9.17, 15) is 4.79 Å². The first-order valence-corrected chi connectivity index (χ1v) is 13.5. The maximum Gasteiger partial charge on any atom is 0.257 e. The minimum absolute atomic E-state index is 0.0111. The summed E-state index contributed by atoms with van der Waals surface area (Å²) >= 11 is 5.86. The van der Waals surface area contributed by atoms with Crippen LogP contribution in [-0.4, -0.2) is 41.8 Å². The first kappa shape index (κ1) is 27.3. The number of ether oxygens (including phenoxy) is 3. The number of unbranched alkanes of at least 4 members (excludes halogenated alkanes) is 2. The van der Waals surface area contributed by atoms with Gasteiger partial charge in [0.2, 0.25) is 0 Å². The fourth-order valence-corrected chi connectivity index (χ4v) is 4.33. The van der Waals surface area contributed by atoms with Crippen molar-refractivity contribution in [1.29, 1.82) is 0 Å². The lowest BCUT2D eigenvalue weighted by Crippen LogP contribution is -2.29. The number of rotatable bonds is 15. The van der Waals surface area contributed by atoms with E-state index in [1.807, 2.05) is 49.4 Å². The molecular formula is C30H34ClN3O4. The van der Waals surface area contributed by atoms with Crippen LogP contribution in [-0.2, 0) is 17.8 Å². The van der Waals surface area contributed by atoms with Gasteiger partial charge in [0.1, 0.15) is 18.2 Å². The second kappa shape index (κ2) is 14.3. The lowest BCUT2D eigenvalue weighted by atomic mass is 10.2. The Morgan fingerprint density at radius 1 is 0.895 bits per heavy atom. The Hall–Kier alpha value is -3.71. The summed E-state index contributed by atoms with van der Waals surface area (Å²) in [5.41, 5.74) is 2.10. The van der Waals surface area contributed by atoms with Gasteiger partial charge < -0.3 is 24.1 Å². The van der Waals surface area contributed by atoms with Crippen molar-refractivity contribution in [2.45, 2.75) is 39.2 Å². The predicted molar refractivity (Wildman–Crippen MR) is 150 cm³/mol. The number of fused-ring (bicyclic) bond motifs is 1. The Balaban J connectivity index is 1.22. The normalized spacial score (nSPS) is 10.9. The van der Waals surface area contributed by atoms with Crippen molar-refractivity contribution < 1.29 is 19.0 Å². The second-order valence-corrected chi connectivity index (χ2v) is 9.24. The largest absolute Gasteiger partial charge is 0.490 e. The number of hydrogen-bond acceptors (Lipinski definition) is 5. The van der Waals surface area contributed by atoms with E-state index in [1.54, 1.807) is 24.3 Å². The van der Waals surface area contributed by atoms with Crippen LogP contribution in [0.3, 0.4) is 0 Å². The molecule has 0 aliphatic rings. The summed E-state index contributed by atoms with van der Waals surface area (Å²) in [6.07, 6.45) is 3.72. The van der Waals surface area contributed by atoms with Crippen molar-refractivity contribution in [3.8, 4) is 17.2 Å². The first-order chi connectivity index (χ1) is 18.6. The van der Waals surface area contributed by atoms with Crippen molar-refractivity contribution in [1.82, 2.24) is 14.9 Å². The van der Waals surface area contributed by atoms with Crippen molar-refractivity contribution in [2.24, 2.45) is 0 Å². The molecule has 0 saturated carbocycles. The van der Waals surface area contributed by atoms with Crippen molar-refractivity contribution >= 4 is 28.5 Å². The molecular weight excluding hydrogens is 502 g/mol. The van der Waals surface area contributed by atoms with E-state index in [-0.39, 0.29) is 12.5 Å². The number of imidazole rings is 1. The number of aryl methyl sites for hydroxylation is 1. The maximum absolute atomic E-state index is 12.0. The molecule has 7 nitrogen and oxygen atoms in total. The molecule has 1 N–H and O–H groups in total. The molecule has 1 amide bonds. The van der Waals surface area contributed by atoms with E-state index in [0.29, 0.717) is 37.1 Å². The Morgan fingerprint density at radius 3 is 2.42 bits per heavy atom. The van der Waals surface area contributed by atoms with Gasteiger partial charge in [0.15, 0.2) is 18.1 Å². The highest BCUT2D eigenvalue weighted by Gasteiger charge is 2.11. The molecule has 0 aliphatic heterocycles. The molecule has 0 aliphatic carbocycles. The van der Waals surface area contributed by atoms with Gasteiger partial charge in [-0.25, -0.2) is 4.98 Å². The number of carbonyl (C=O) groups excluding carboxylic acids is 1. The number of aromatic nitrogens is 2. The monoisotopic (exact) mass is 535 g/mol. The molecule has 0 radical (unpaired) electrons. The Labute approximate surface area is 228 Å². The average Bonchev–Trinajstić information content (AvgIpc) is 3.28. The van der Waals surface area contributed by atoms with Gasteiger partial charge in [-0.1, -0.05) is 42.3 Å². The SMILES string of the molecule is CCOc1ccccc1OCCn1c(CCCCCNC(=O)COc2ccc(Cl)cc2)nc2ccccc21. The Morgan fingerprint density at radius 2 is 1.63 bits per heavy atom. The van der Waals surface area contributed by atoms with E-state index in [0.717, 1.165) is 54.0 Å². The predicted octanol–water partition coefficient (Wildman–Crippen LogP) is 6.08. The number of nitrogens with one attached hydrogen (secondary N) is 1. The lowest BCUT2D eigenvalue weighted by molar-refractivity contribution is -0.123. The van der Waals surface area contributed by atoms with Crippen molar-refractivity contribution in [3.05, 3.63) is 83.6 Å². The number of hydrogen-bond donors (Lipinski definition) is 1. The number of nitrogens with zero attached hydrogens (tertiary/aromatic N) is 2. The van der Waals surface area contributed by atoms with Gasteiger partial charge in [-0.2, -0.15) is 0 Å². The van der Waals surface area contributed by atoms with Gasteiger partial charge in [0.25, 0.3) is 5.91 Å². The fourth-order valence-electron chi connectivity index (χ4n) is 4.20. The minimum atomic E-state index is -0.132. The Kier molecular flexibility index (Phi) is 10.3. The van der Waals surface area contributed by atoms with E-state index >= 15 is 0 Å². The van der Waals surface area contributed by atoms with Gasteiger partial charge in [-0.15, -0.1) is 0 Å². The number of benzene rings is 3. The van der Waals surface area contributed by atoms with Crippen LogP contribution < -0.4 is 19.5 Å². The van der Waals surface area contributed by atoms with E-state index in [2.05, 4.69) is 16.0 Å². The van der Waals surface area contributed by atoms with Crippen LogP contribution in [0.4, 0.5) is 0 Å². The molecule has 0 atom stereocenters. The second-order valence-electron chi connectivity index (χ2n) is 8.80. The zero-order valence-electron chi connectivity index (χ0n) is 21.7. The minimum Gasteiger partial charge on any atom is -0.490 e. The molecule has 1 aromatic heterocycles. The highest BCUT2D eigenvalue weighted by atomic mass is 35.5. The van der Waals surface area contributed by atoms with Crippen LogP contribution in [0.15, 0.2) is 72.8 Å². The molecule has 200 valence electrons. The van der Waals surface area contributed by atoms with Gasteiger partial charge in [-0.05, 0) is 68.3 Å². The molecule has 0 bridgehead atoms. The highest BCUT2D eigenvalue weighted by Crippen LogP contribution is 2.26. The average molecular weight is 536 g/mol. The third kappa shape index (κ3) is 7.89. The van der Waals surface area contributed by atoms with E-state index in [1.165, 1.54) is 0 Å². The molecule has 4 aromatic rings. The van der Waals surface area contributed by atoms with Crippen LogP contribution in [0.2, 0.25) is 5.02 Å². The summed E-state index contributed by atoms with van der Waals surface area (Å²) in [5, 5.41) is 3.55. The van der Waals surface area contributed by atoms with Gasteiger partial charge in [-0.3, -0.25) is 4.79 Å². The molecule has 0 fully saturated rings. The third-order valence-electron chi connectivity index (χ3n) is 6.04. The quantitative estimate of drug-likeness (QED) is 0.187. The molecule has 38 heavy (non-hydrogen) atoms. The molecule has 3 aromatic carbocycles. The standard InChI is InChI=1S/C30H34ClN3O4/c1-2-36-27-12-7-8-13-28(27)37-21-20-34-26-11-6-5-10-25(26)33-29(34)14-4-3-9-19-32-30(35)22-38-24-17-15-23(31)16-18-24/h5-8,10-13,15-18H,2-4,9,14,19-22H2,1H3,(H,32,35). The van der Waals surface area contributed by atoms with Crippen molar-refractivity contribution in [2.75, 3.05) is 26.4 Å². The molecule has 0 saturated heterocycles. The first-order valence-electron chi connectivity index (χ1n) is 13.1. The Bertz CT molecular complexity index is 1310. The summed E-state index contributed by atoms with van der Waals surface area (Å²) in [4.78, 5) is 16.9. The van der Waals surface area contributed by atoms with Crippen LogP contribution in [0.5, 0.6) is 17.2 Å². The van der Waals surface area contributed by atoms with Crippen LogP contribution >= 0.6 is 11.6 Å². The molecule has 0 spiro atoms. The summed E-state index contributed by atoms with van der Waals surface area (Å²) in [7, 11) is 0. The summed E-state index contributed by atoms with van der Waals surface area (Å²) in [6, 6.07) is 22.9. The molecule has 0 unspecified atom stereocenters. The lowest BCUT2D eigenvalue weighted by Gasteiger charge is -2.13. The zero-order chi connectivity index (χ0) is 26.6. The smallest absolute Gasteiger partial charge is 0.257 e. The number of halogens is 1. The van der Waals surface area contributed by atoms with Gasteiger partial charge in [0.05, 0.1) is 24.2 Å². The zero-order valence-corrected chi connectivity index (χ0v) is 22.5. The van der Waals surface area contributed by atoms with Gasteiger partial charge >= 0.3 is 0 Å². The van der Waals surface area contributed by atoms with Gasteiger partial charge in [0, 0.05) is 18.0 Å². The number of para-hydroxylation sites is 4. The summed E-state index contributed by atoms with van der Waals surface area (Å²) in [6.45, 7) is 4.38. The van der Waals surface area contributed by atoms with Crippen LogP contribution in [0.1, 0.15) is 32.0 Å². The fraction of sp³-hybridized carbons (Fsp3) is 0.333. The summed E-state index contributed by atoms with van der Waals surface area (Å²) in [5.74, 6) is 3.05. The highest BCUT2D eigenvalue weighted by molar-refractivity contribution is 6.30. The van der Waals surface area contributed by atoms with Crippen LogP contribution in [0.25, 0.3) is 11.0 Å².